The molecule has 104 valence electrons. The largest absolute Gasteiger partial charge is 0.419 e. The van der Waals surface area contributed by atoms with Crippen LogP contribution >= 0.6 is 0 Å². The number of rotatable bonds is 1. The number of halogens is 3. The zero-order valence-electron chi connectivity index (χ0n) is 10.5. The molecule has 21 heavy (non-hydrogen) atoms. The first-order valence-electron chi connectivity index (χ1n) is 5.91. The smallest absolute Gasteiger partial charge is 0.255 e. The summed E-state index contributed by atoms with van der Waals surface area (Å²) in [4.78, 5) is 4.11. The molecule has 0 amide bonds. The molecule has 0 aliphatic heterocycles. The molecule has 0 N–H and O–H groups in total. The SMILES string of the molecule is N#Cc1cnc2ccccc2c1-n1cc(C(F)(F)F)cn1. The monoisotopic (exact) mass is 288 g/mol. The summed E-state index contributed by atoms with van der Waals surface area (Å²) < 4.78 is 39.1. The molecular formula is C14H7F3N4. The van der Waals surface area contributed by atoms with Crippen molar-refractivity contribution in [2.24, 2.45) is 0 Å². The van der Waals surface area contributed by atoms with Gasteiger partial charge < -0.3 is 0 Å². The first-order chi connectivity index (χ1) is 10.0. The van der Waals surface area contributed by atoms with Crippen LogP contribution in [0.25, 0.3) is 16.6 Å². The van der Waals surface area contributed by atoms with Gasteiger partial charge in [-0.15, -0.1) is 0 Å². The molecule has 0 atom stereocenters. The number of pyridine rings is 1. The third kappa shape index (κ3) is 2.21. The Hall–Kier alpha value is -2.88. The van der Waals surface area contributed by atoms with E-state index < -0.39 is 11.7 Å². The minimum absolute atomic E-state index is 0.158. The number of fused-ring (bicyclic) bond motifs is 1. The number of nitrogens with zero attached hydrogens (tertiary/aromatic N) is 4. The van der Waals surface area contributed by atoms with E-state index in [2.05, 4.69) is 10.1 Å². The van der Waals surface area contributed by atoms with E-state index in [0.29, 0.717) is 16.6 Å². The lowest BCUT2D eigenvalue weighted by Gasteiger charge is -2.08. The molecule has 0 radical (unpaired) electrons. The van der Waals surface area contributed by atoms with E-state index in [0.717, 1.165) is 17.1 Å². The van der Waals surface area contributed by atoms with Crippen LogP contribution in [-0.2, 0) is 6.18 Å². The van der Waals surface area contributed by atoms with Gasteiger partial charge in [0.15, 0.2) is 0 Å². The Morgan fingerprint density at radius 1 is 1.14 bits per heavy atom. The van der Waals surface area contributed by atoms with Gasteiger partial charge in [-0.1, -0.05) is 18.2 Å². The van der Waals surface area contributed by atoms with Gasteiger partial charge in [0.1, 0.15) is 6.07 Å². The third-order valence-electron chi connectivity index (χ3n) is 3.01. The maximum atomic E-state index is 12.7. The quantitative estimate of drug-likeness (QED) is 0.690. The molecule has 0 aliphatic rings. The first kappa shape index (κ1) is 13.1. The molecule has 2 heterocycles. The summed E-state index contributed by atoms with van der Waals surface area (Å²) in [6, 6.07) is 8.82. The van der Waals surface area contributed by atoms with E-state index >= 15 is 0 Å². The van der Waals surface area contributed by atoms with Crippen molar-refractivity contribution in [1.29, 1.82) is 5.26 Å². The molecule has 7 heteroatoms. The van der Waals surface area contributed by atoms with Crippen LogP contribution in [0.3, 0.4) is 0 Å². The predicted molar refractivity (Wildman–Crippen MR) is 68.6 cm³/mol. The van der Waals surface area contributed by atoms with E-state index in [9.17, 15) is 13.2 Å². The van der Waals surface area contributed by atoms with E-state index in [-0.39, 0.29) is 5.56 Å². The molecule has 0 saturated heterocycles. The summed E-state index contributed by atoms with van der Waals surface area (Å²) >= 11 is 0. The van der Waals surface area contributed by atoms with E-state index in [4.69, 9.17) is 5.26 Å². The van der Waals surface area contributed by atoms with Crippen LogP contribution in [0.5, 0.6) is 0 Å². The van der Waals surface area contributed by atoms with E-state index in [1.165, 1.54) is 6.20 Å². The van der Waals surface area contributed by atoms with Crippen LogP contribution in [0.2, 0.25) is 0 Å². The minimum Gasteiger partial charge on any atom is -0.255 e. The lowest BCUT2D eigenvalue weighted by atomic mass is 10.1. The maximum Gasteiger partial charge on any atom is 0.419 e. The lowest BCUT2D eigenvalue weighted by Crippen LogP contribution is -2.04. The fourth-order valence-corrected chi connectivity index (χ4v) is 2.05. The average molecular weight is 288 g/mol. The van der Waals surface area contributed by atoms with Crippen LogP contribution in [-0.4, -0.2) is 14.8 Å². The molecule has 0 aliphatic carbocycles. The predicted octanol–water partition coefficient (Wildman–Crippen LogP) is 3.31. The van der Waals surface area contributed by atoms with Crippen LogP contribution in [0.1, 0.15) is 11.1 Å². The summed E-state index contributed by atoms with van der Waals surface area (Å²) in [6.45, 7) is 0. The Balaban J connectivity index is 2.29. The Morgan fingerprint density at radius 3 is 2.57 bits per heavy atom. The summed E-state index contributed by atoms with van der Waals surface area (Å²) in [7, 11) is 0. The summed E-state index contributed by atoms with van der Waals surface area (Å²) in [5, 5.41) is 13.4. The van der Waals surface area contributed by atoms with Gasteiger partial charge in [0.2, 0.25) is 0 Å². The van der Waals surface area contributed by atoms with Gasteiger partial charge in [0.05, 0.1) is 28.5 Å². The average Bonchev–Trinajstić information content (AvgIpc) is 2.95. The molecule has 0 fully saturated rings. The zero-order chi connectivity index (χ0) is 15.0. The van der Waals surface area contributed by atoms with Gasteiger partial charge in [-0.2, -0.15) is 23.5 Å². The minimum atomic E-state index is -4.48. The highest BCUT2D eigenvalue weighted by Gasteiger charge is 2.32. The molecule has 2 aromatic heterocycles. The Bertz CT molecular complexity index is 859. The zero-order valence-corrected chi connectivity index (χ0v) is 10.5. The van der Waals surface area contributed by atoms with Crippen LogP contribution in [0, 0.1) is 11.3 Å². The summed E-state index contributed by atoms with van der Waals surface area (Å²) in [6.07, 6.45) is -1.56. The van der Waals surface area contributed by atoms with Gasteiger partial charge in [0.25, 0.3) is 0 Å². The number of hydrogen-bond donors (Lipinski definition) is 0. The third-order valence-corrected chi connectivity index (χ3v) is 3.01. The van der Waals surface area contributed by atoms with Crippen molar-refractivity contribution in [3.8, 4) is 11.8 Å². The Kier molecular flexibility index (Phi) is 2.87. The van der Waals surface area contributed by atoms with Crippen molar-refractivity contribution < 1.29 is 13.2 Å². The van der Waals surface area contributed by atoms with Crippen molar-refractivity contribution >= 4 is 10.9 Å². The second-order valence-corrected chi connectivity index (χ2v) is 4.32. The van der Waals surface area contributed by atoms with Crippen molar-refractivity contribution in [3.63, 3.8) is 0 Å². The van der Waals surface area contributed by atoms with Gasteiger partial charge in [0, 0.05) is 17.8 Å². The van der Waals surface area contributed by atoms with Crippen molar-refractivity contribution in [3.05, 3.63) is 54.0 Å². The Labute approximate surface area is 117 Å². The highest BCUT2D eigenvalue weighted by molar-refractivity contribution is 5.89. The lowest BCUT2D eigenvalue weighted by molar-refractivity contribution is -0.137. The normalized spacial score (nSPS) is 11.5. The van der Waals surface area contributed by atoms with E-state index in [1.807, 2.05) is 6.07 Å². The van der Waals surface area contributed by atoms with Gasteiger partial charge in [-0.05, 0) is 6.07 Å². The maximum absolute atomic E-state index is 12.7. The van der Waals surface area contributed by atoms with Gasteiger partial charge in [-0.3, -0.25) is 4.98 Å². The highest BCUT2D eigenvalue weighted by atomic mass is 19.4. The summed E-state index contributed by atoms with van der Waals surface area (Å²) in [5.41, 5.74) is 0.159. The van der Waals surface area contributed by atoms with Gasteiger partial charge >= 0.3 is 6.18 Å². The molecule has 0 saturated carbocycles. The molecule has 1 aromatic carbocycles. The molecule has 0 spiro atoms. The second kappa shape index (κ2) is 4.59. The molecule has 3 rings (SSSR count). The van der Waals surface area contributed by atoms with Crippen LogP contribution in [0.15, 0.2) is 42.9 Å². The van der Waals surface area contributed by atoms with Crippen molar-refractivity contribution in [2.75, 3.05) is 0 Å². The van der Waals surface area contributed by atoms with Crippen molar-refractivity contribution in [2.45, 2.75) is 6.18 Å². The molecule has 3 aromatic rings. The number of aromatic nitrogens is 3. The van der Waals surface area contributed by atoms with Gasteiger partial charge in [-0.25, -0.2) is 4.68 Å². The van der Waals surface area contributed by atoms with Crippen LogP contribution in [0.4, 0.5) is 13.2 Å². The fraction of sp³-hybridized carbons (Fsp3) is 0.0714. The molecule has 0 unspecified atom stereocenters. The number of benzene rings is 1. The standard InChI is InChI=1S/C14H7F3N4/c15-14(16,17)10-7-20-21(8-10)13-9(5-18)6-19-12-4-2-1-3-11(12)13/h1-4,6-8H. The second-order valence-electron chi connectivity index (χ2n) is 4.32. The Morgan fingerprint density at radius 2 is 1.90 bits per heavy atom. The highest BCUT2D eigenvalue weighted by Crippen LogP contribution is 2.30. The van der Waals surface area contributed by atoms with Crippen molar-refractivity contribution in [1.82, 2.24) is 14.8 Å². The number of alkyl halides is 3. The first-order valence-corrected chi connectivity index (χ1v) is 5.91. The fourth-order valence-electron chi connectivity index (χ4n) is 2.05. The number of para-hydroxylation sites is 1. The molecular weight excluding hydrogens is 281 g/mol. The number of hydrogen-bond acceptors (Lipinski definition) is 3. The topological polar surface area (TPSA) is 54.5 Å². The van der Waals surface area contributed by atoms with Crippen LogP contribution < -0.4 is 0 Å². The summed E-state index contributed by atoms with van der Waals surface area (Å²) in [5.74, 6) is 0. The number of nitriles is 1. The van der Waals surface area contributed by atoms with E-state index in [1.54, 1.807) is 24.3 Å². The molecule has 4 nitrogen and oxygen atoms in total. The molecule has 0 bridgehead atoms.